The van der Waals surface area contributed by atoms with E-state index in [1.807, 2.05) is 24.3 Å². The molecule has 0 radical (unpaired) electrons. The Hall–Kier alpha value is -3.22. The Morgan fingerprint density at radius 3 is 2.35 bits per heavy atom. The third kappa shape index (κ3) is 3.56. The van der Waals surface area contributed by atoms with Crippen LogP contribution in [0.5, 0.6) is 11.6 Å². The minimum atomic E-state index is -1.32. The highest BCUT2D eigenvalue weighted by atomic mass is 19.1. The minimum Gasteiger partial charge on any atom is -0.476 e. The van der Waals surface area contributed by atoms with E-state index in [0.717, 1.165) is 5.56 Å². The number of carboxylic acids is 1. The fourth-order valence-corrected chi connectivity index (χ4v) is 2.47. The van der Waals surface area contributed by atoms with Crippen molar-refractivity contribution in [1.82, 2.24) is 15.4 Å². The van der Waals surface area contributed by atoms with E-state index in [0.29, 0.717) is 5.56 Å². The average molecular weight is 355 g/mol. The number of aromatic amines is 1. The van der Waals surface area contributed by atoms with Gasteiger partial charge in [-0.05, 0) is 34.2 Å². The van der Waals surface area contributed by atoms with Crippen molar-refractivity contribution in [3.8, 4) is 22.8 Å². The van der Waals surface area contributed by atoms with Crippen LogP contribution >= 0.6 is 0 Å². The number of hydrogen-bond donors (Lipinski definition) is 2. The fourth-order valence-electron chi connectivity index (χ4n) is 2.47. The third-order valence-electron chi connectivity index (χ3n) is 3.95. The quantitative estimate of drug-likeness (QED) is 0.724. The summed E-state index contributed by atoms with van der Waals surface area (Å²) in [5.74, 6) is -2.27. The Morgan fingerprint density at radius 2 is 1.77 bits per heavy atom. The zero-order valence-electron chi connectivity index (χ0n) is 14.6. The van der Waals surface area contributed by atoms with Crippen molar-refractivity contribution in [2.75, 3.05) is 0 Å². The highest BCUT2D eigenvalue weighted by Crippen LogP contribution is 2.30. The van der Waals surface area contributed by atoms with Crippen molar-refractivity contribution < 1.29 is 19.0 Å². The Kier molecular flexibility index (Phi) is 4.46. The smallest absolute Gasteiger partial charge is 0.362 e. The maximum atomic E-state index is 14.4. The van der Waals surface area contributed by atoms with E-state index in [-0.39, 0.29) is 17.0 Å². The summed E-state index contributed by atoms with van der Waals surface area (Å²) in [5, 5.41) is 18.0. The van der Waals surface area contributed by atoms with Crippen molar-refractivity contribution in [2.24, 2.45) is 0 Å². The lowest BCUT2D eigenvalue weighted by Gasteiger charge is -2.19. The van der Waals surface area contributed by atoms with Gasteiger partial charge in [-0.1, -0.05) is 56.3 Å². The molecule has 3 rings (SSSR count). The van der Waals surface area contributed by atoms with Crippen molar-refractivity contribution in [3.63, 3.8) is 0 Å². The summed E-state index contributed by atoms with van der Waals surface area (Å²) < 4.78 is 19.7. The van der Waals surface area contributed by atoms with Gasteiger partial charge in [-0.25, -0.2) is 14.3 Å². The van der Waals surface area contributed by atoms with E-state index in [9.17, 15) is 9.18 Å². The Labute approximate surface area is 149 Å². The van der Waals surface area contributed by atoms with E-state index >= 15 is 0 Å². The Morgan fingerprint density at radius 1 is 1.12 bits per heavy atom. The molecule has 0 fully saturated rings. The van der Waals surface area contributed by atoms with E-state index in [4.69, 9.17) is 9.84 Å². The largest absolute Gasteiger partial charge is 0.476 e. The predicted molar refractivity (Wildman–Crippen MR) is 94.0 cm³/mol. The SMILES string of the molecule is CC(C)(C)c1ccc(-c2ccc(Oc3[nH]nnc3C(=O)O)c(F)c2)cc1. The molecule has 7 heteroatoms. The van der Waals surface area contributed by atoms with Crippen LogP contribution in [-0.2, 0) is 5.41 Å². The second-order valence-corrected chi connectivity index (χ2v) is 6.87. The molecule has 1 aromatic heterocycles. The molecule has 1 heterocycles. The molecule has 0 aliphatic heterocycles. The first-order valence-electron chi connectivity index (χ1n) is 7.98. The lowest BCUT2D eigenvalue weighted by molar-refractivity contribution is 0.0687. The summed E-state index contributed by atoms with van der Waals surface area (Å²) in [6.07, 6.45) is 0. The van der Waals surface area contributed by atoms with Crippen LogP contribution < -0.4 is 4.74 Å². The zero-order valence-corrected chi connectivity index (χ0v) is 14.6. The van der Waals surface area contributed by atoms with Crippen LogP contribution in [0, 0.1) is 5.82 Å². The molecule has 0 unspecified atom stereocenters. The molecule has 6 nitrogen and oxygen atoms in total. The molecular weight excluding hydrogens is 337 g/mol. The first kappa shape index (κ1) is 17.6. The molecule has 0 spiro atoms. The molecule has 0 aliphatic rings. The van der Waals surface area contributed by atoms with Gasteiger partial charge in [-0.3, -0.25) is 0 Å². The molecule has 3 aromatic rings. The van der Waals surface area contributed by atoms with E-state index in [1.54, 1.807) is 6.07 Å². The first-order valence-corrected chi connectivity index (χ1v) is 7.98. The van der Waals surface area contributed by atoms with Gasteiger partial charge >= 0.3 is 5.97 Å². The summed E-state index contributed by atoms with van der Waals surface area (Å²) in [6, 6.07) is 12.4. The van der Waals surface area contributed by atoms with Crippen LogP contribution in [0.2, 0.25) is 0 Å². The van der Waals surface area contributed by atoms with Gasteiger partial charge in [0.05, 0.1) is 0 Å². The van der Waals surface area contributed by atoms with Crippen LogP contribution in [0.25, 0.3) is 11.1 Å². The number of aromatic nitrogens is 3. The lowest BCUT2D eigenvalue weighted by Crippen LogP contribution is -2.10. The summed E-state index contributed by atoms with van der Waals surface area (Å²) in [4.78, 5) is 11.0. The monoisotopic (exact) mass is 355 g/mol. The molecule has 26 heavy (non-hydrogen) atoms. The van der Waals surface area contributed by atoms with Crippen molar-refractivity contribution in [2.45, 2.75) is 26.2 Å². The normalized spacial score (nSPS) is 11.4. The Balaban J connectivity index is 1.86. The number of halogens is 1. The van der Waals surface area contributed by atoms with Crippen molar-refractivity contribution in [1.29, 1.82) is 0 Å². The Bertz CT molecular complexity index is 943. The zero-order chi connectivity index (χ0) is 18.9. The van der Waals surface area contributed by atoms with Gasteiger partial charge < -0.3 is 9.84 Å². The molecule has 0 amide bonds. The van der Waals surface area contributed by atoms with Gasteiger partial charge in [-0.15, -0.1) is 5.10 Å². The van der Waals surface area contributed by atoms with Crippen LogP contribution in [0.15, 0.2) is 42.5 Å². The highest BCUT2D eigenvalue weighted by molar-refractivity contribution is 5.87. The van der Waals surface area contributed by atoms with Crippen LogP contribution in [0.1, 0.15) is 36.8 Å². The number of benzene rings is 2. The minimum absolute atomic E-state index is 0.0431. The van der Waals surface area contributed by atoms with Crippen LogP contribution in [-0.4, -0.2) is 26.5 Å². The standard InChI is InChI=1S/C19H18FN3O3/c1-19(2,3)13-7-4-11(5-8-13)12-6-9-15(14(20)10-12)26-17-16(18(24)25)21-23-22-17/h4-10H,1-3H3,(H,24,25)(H,21,22,23). The molecular formula is C19H18FN3O3. The number of carboxylic acid groups (broad SMARTS) is 1. The molecule has 0 aliphatic carbocycles. The summed E-state index contributed by atoms with van der Waals surface area (Å²) in [6.45, 7) is 6.39. The highest BCUT2D eigenvalue weighted by Gasteiger charge is 2.18. The summed E-state index contributed by atoms with van der Waals surface area (Å²) in [5.41, 5.74) is 2.39. The number of carbonyl (C=O) groups is 1. The van der Waals surface area contributed by atoms with Crippen molar-refractivity contribution in [3.05, 3.63) is 59.5 Å². The van der Waals surface area contributed by atoms with Gasteiger partial charge in [0.25, 0.3) is 5.88 Å². The number of rotatable bonds is 4. The van der Waals surface area contributed by atoms with E-state index in [1.165, 1.54) is 17.7 Å². The summed E-state index contributed by atoms with van der Waals surface area (Å²) >= 11 is 0. The first-order chi connectivity index (χ1) is 12.3. The average Bonchev–Trinajstić information content (AvgIpc) is 3.04. The molecule has 0 atom stereocenters. The second kappa shape index (κ2) is 6.59. The number of H-pyrrole nitrogens is 1. The van der Waals surface area contributed by atoms with Crippen molar-refractivity contribution >= 4 is 5.97 Å². The summed E-state index contributed by atoms with van der Waals surface area (Å²) in [7, 11) is 0. The third-order valence-corrected chi connectivity index (χ3v) is 3.95. The number of aromatic carboxylic acids is 1. The van der Waals surface area contributed by atoms with Crippen LogP contribution in [0.3, 0.4) is 0 Å². The number of nitrogens with zero attached hydrogens (tertiary/aromatic N) is 2. The van der Waals surface area contributed by atoms with Gasteiger partial charge in [-0.2, -0.15) is 0 Å². The maximum absolute atomic E-state index is 14.4. The van der Waals surface area contributed by atoms with Gasteiger partial charge in [0.2, 0.25) is 5.69 Å². The lowest BCUT2D eigenvalue weighted by atomic mass is 9.86. The maximum Gasteiger partial charge on any atom is 0.362 e. The van der Waals surface area contributed by atoms with Crippen LogP contribution in [0.4, 0.5) is 4.39 Å². The van der Waals surface area contributed by atoms with E-state index < -0.39 is 17.5 Å². The number of nitrogens with one attached hydrogen (secondary N) is 1. The second-order valence-electron chi connectivity index (χ2n) is 6.87. The molecule has 2 N–H and O–H groups in total. The van der Waals surface area contributed by atoms with Gasteiger partial charge in [0.15, 0.2) is 11.6 Å². The predicted octanol–water partition coefficient (Wildman–Crippen LogP) is 4.40. The topological polar surface area (TPSA) is 88.1 Å². The molecule has 0 bridgehead atoms. The molecule has 2 aromatic carbocycles. The van der Waals surface area contributed by atoms with Gasteiger partial charge in [0.1, 0.15) is 0 Å². The van der Waals surface area contributed by atoms with E-state index in [2.05, 4.69) is 36.2 Å². The molecule has 0 saturated carbocycles. The number of hydrogen-bond acceptors (Lipinski definition) is 4. The number of ether oxygens (including phenoxy) is 1. The molecule has 0 saturated heterocycles. The van der Waals surface area contributed by atoms with Gasteiger partial charge in [0, 0.05) is 0 Å². The fraction of sp³-hybridized carbons (Fsp3) is 0.211. The molecule has 134 valence electrons.